The van der Waals surface area contributed by atoms with Gasteiger partial charge >= 0.3 is 0 Å². The lowest BCUT2D eigenvalue weighted by Crippen LogP contribution is -2.55. The summed E-state index contributed by atoms with van der Waals surface area (Å²) in [6, 6.07) is 10.2. The number of hydrogen-bond donors (Lipinski definition) is 2. The van der Waals surface area contributed by atoms with Crippen LogP contribution in [0.4, 0.5) is 0 Å². The van der Waals surface area contributed by atoms with Crippen molar-refractivity contribution in [2.45, 2.75) is 32.1 Å². The highest BCUT2D eigenvalue weighted by molar-refractivity contribution is 5.83. The fraction of sp³-hybridized carbons (Fsp3) is 0.500. The average Bonchev–Trinajstić information content (AvgIpc) is 3.11. The number of fused-ring (bicyclic) bond motifs is 2. The molecule has 2 bridgehead atoms. The lowest BCUT2D eigenvalue weighted by atomic mass is 9.73. The summed E-state index contributed by atoms with van der Waals surface area (Å²) in [5.41, 5.74) is 2.01. The summed E-state index contributed by atoms with van der Waals surface area (Å²) >= 11 is 0. The van der Waals surface area contributed by atoms with E-state index >= 15 is 0 Å². The number of carbonyl (C=O) groups excluding carboxylic acids is 1. The van der Waals surface area contributed by atoms with Gasteiger partial charge in [-0.2, -0.15) is 0 Å². The van der Waals surface area contributed by atoms with E-state index in [0.717, 1.165) is 68.8 Å². The molecule has 132 valence electrons. The zero-order valence-electron chi connectivity index (χ0n) is 14.6. The zero-order chi connectivity index (χ0) is 17.1. The van der Waals surface area contributed by atoms with Crippen LogP contribution >= 0.6 is 0 Å². The maximum absolute atomic E-state index is 12.8. The summed E-state index contributed by atoms with van der Waals surface area (Å²) < 4.78 is 0. The first kappa shape index (κ1) is 16.3. The molecule has 2 aliphatic heterocycles. The second-order valence-corrected chi connectivity index (χ2v) is 7.38. The van der Waals surface area contributed by atoms with Crippen LogP contribution < -0.4 is 5.32 Å². The summed E-state index contributed by atoms with van der Waals surface area (Å²) in [4.78, 5) is 23.0. The molecule has 0 aliphatic carbocycles. The van der Waals surface area contributed by atoms with Gasteiger partial charge < -0.3 is 15.2 Å². The Hall–Kier alpha value is -2.14. The molecule has 0 spiro atoms. The number of piperidine rings is 2. The third kappa shape index (κ3) is 3.47. The number of nitrogens with one attached hydrogen (secondary N) is 2. The Bertz CT molecular complexity index is 714. The van der Waals surface area contributed by atoms with E-state index in [0.29, 0.717) is 6.54 Å². The number of benzene rings is 1. The van der Waals surface area contributed by atoms with Gasteiger partial charge in [0.2, 0.25) is 5.91 Å². The number of imidazole rings is 1. The number of carbonyl (C=O) groups is 1. The van der Waals surface area contributed by atoms with Crippen LogP contribution in [-0.2, 0) is 11.2 Å². The first-order chi connectivity index (χ1) is 12.3. The molecule has 0 atom stereocenters. The number of aromatic amines is 1. The largest absolute Gasteiger partial charge is 0.355 e. The van der Waals surface area contributed by atoms with Crippen LogP contribution in [0.15, 0.2) is 36.5 Å². The van der Waals surface area contributed by atoms with Crippen molar-refractivity contribution in [3.05, 3.63) is 42.4 Å². The minimum atomic E-state index is -0.144. The maximum atomic E-state index is 12.8. The fourth-order valence-electron chi connectivity index (χ4n) is 4.30. The molecule has 0 unspecified atom stereocenters. The Morgan fingerprint density at radius 3 is 2.72 bits per heavy atom. The molecule has 2 N–H and O–H groups in total. The van der Waals surface area contributed by atoms with Crippen molar-refractivity contribution in [2.75, 3.05) is 26.2 Å². The number of aromatic nitrogens is 2. The van der Waals surface area contributed by atoms with E-state index in [-0.39, 0.29) is 11.3 Å². The van der Waals surface area contributed by atoms with Crippen LogP contribution in [0.5, 0.6) is 0 Å². The van der Waals surface area contributed by atoms with Gasteiger partial charge in [0.05, 0.1) is 17.3 Å². The third-order valence-electron chi connectivity index (χ3n) is 5.63. The summed E-state index contributed by atoms with van der Waals surface area (Å²) in [6.07, 6.45) is 6.96. The van der Waals surface area contributed by atoms with Crippen LogP contribution in [0.25, 0.3) is 11.3 Å². The van der Waals surface area contributed by atoms with Crippen LogP contribution in [0.1, 0.15) is 31.5 Å². The third-order valence-corrected chi connectivity index (χ3v) is 5.63. The Morgan fingerprint density at radius 1 is 1.20 bits per heavy atom. The van der Waals surface area contributed by atoms with Crippen molar-refractivity contribution in [2.24, 2.45) is 5.41 Å². The molecule has 2 fully saturated rings. The molecule has 1 amide bonds. The Balaban J connectivity index is 1.32. The SMILES string of the molecule is O=C(NCCc1ncc(-c2ccccc2)[nH]1)C12CCCN(CCC1)C2. The molecule has 25 heavy (non-hydrogen) atoms. The highest BCUT2D eigenvalue weighted by Crippen LogP contribution is 2.38. The van der Waals surface area contributed by atoms with Crippen molar-refractivity contribution >= 4 is 5.91 Å². The molecular weight excluding hydrogens is 312 g/mol. The molecule has 1 aromatic heterocycles. The van der Waals surface area contributed by atoms with Crippen molar-refractivity contribution in [3.8, 4) is 11.3 Å². The molecule has 2 aromatic rings. The first-order valence-electron chi connectivity index (χ1n) is 9.35. The summed E-state index contributed by atoms with van der Waals surface area (Å²) in [5, 5.41) is 3.17. The average molecular weight is 338 g/mol. The summed E-state index contributed by atoms with van der Waals surface area (Å²) in [7, 11) is 0. The smallest absolute Gasteiger partial charge is 0.227 e. The molecular formula is C20H26N4O. The highest BCUT2D eigenvalue weighted by atomic mass is 16.2. The second kappa shape index (κ2) is 7.00. The molecule has 0 saturated carbocycles. The van der Waals surface area contributed by atoms with Crippen LogP contribution in [-0.4, -0.2) is 47.0 Å². The predicted molar refractivity (Wildman–Crippen MR) is 98.1 cm³/mol. The molecule has 4 rings (SSSR count). The molecule has 2 saturated heterocycles. The molecule has 5 nitrogen and oxygen atoms in total. The molecule has 5 heteroatoms. The number of amides is 1. The van der Waals surface area contributed by atoms with E-state index in [1.54, 1.807) is 0 Å². The quantitative estimate of drug-likeness (QED) is 0.881. The Labute approximate surface area is 148 Å². The molecule has 3 heterocycles. The monoisotopic (exact) mass is 338 g/mol. The lowest BCUT2D eigenvalue weighted by Gasteiger charge is -2.45. The number of rotatable bonds is 5. The Kier molecular flexibility index (Phi) is 4.57. The van der Waals surface area contributed by atoms with Gasteiger partial charge in [-0.1, -0.05) is 30.3 Å². The fourth-order valence-corrected chi connectivity index (χ4v) is 4.30. The van der Waals surface area contributed by atoms with Crippen molar-refractivity contribution in [1.29, 1.82) is 0 Å². The molecule has 1 aromatic carbocycles. The normalized spacial score (nSPS) is 25.5. The van der Waals surface area contributed by atoms with Crippen LogP contribution in [0, 0.1) is 5.41 Å². The van der Waals surface area contributed by atoms with Crippen LogP contribution in [0.3, 0.4) is 0 Å². The topological polar surface area (TPSA) is 61.0 Å². The van der Waals surface area contributed by atoms with E-state index in [2.05, 4.69) is 32.3 Å². The van der Waals surface area contributed by atoms with E-state index < -0.39 is 0 Å². The Morgan fingerprint density at radius 2 is 1.96 bits per heavy atom. The number of hydrogen-bond acceptors (Lipinski definition) is 3. The summed E-state index contributed by atoms with van der Waals surface area (Å²) in [5.74, 6) is 1.16. The van der Waals surface area contributed by atoms with Gasteiger partial charge in [0, 0.05) is 19.5 Å². The van der Waals surface area contributed by atoms with Crippen molar-refractivity contribution in [1.82, 2.24) is 20.2 Å². The van der Waals surface area contributed by atoms with E-state index in [9.17, 15) is 4.79 Å². The predicted octanol–water partition coefficient (Wildman–Crippen LogP) is 2.61. The van der Waals surface area contributed by atoms with E-state index in [4.69, 9.17) is 0 Å². The van der Waals surface area contributed by atoms with Crippen molar-refractivity contribution in [3.63, 3.8) is 0 Å². The van der Waals surface area contributed by atoms with Crippen LogP contribution in [0.2, 0.25) is 0 Å². The number of nitrogens with zero attached hydrogens (tertiary/aromatic N) is 2. The van der Waals surface area contributed by atoms with Gasteiger partial charge in [-0.25, -0.2) is 4.98 Å². The van der Waals surface area contributed by atoms with E-state index in [1.165, 1.54) is 0 Å². The summed E-state index contributed by atoms with van der Waals surface area (Å²) in [6.45, 7) is 3.90. The molecule has 0 radical (unpaired) electrons. The minimum absolute atomic E-state index is 0.144. The maximum Gasteiger partial charge on any atom is 0.227 e. The standard InChI is InChI=1S/C20H26N4O/c25-19(20-9-4-12-24(15-20)13-5-10-20)21-11-8-18-22-14-17(23-18)16-6-2-1-3-7-16/h1-3,6-7,14H,4-5,8-13,15H2,(H,21,25)(H,22,23). The van der Waals surface area contributed by atoms with Gasteiger partial charge in [-0.05, 0) is 44.3 Å². The van der Waals surface area contributed by atoms with Crippen molar-refractivity contribution < 1.29 is 4.79 Å². The molecule has 2 aliphatic rings. The minimum Gasteiger partial charge on any atom is -0.355 e. The first-order valence-corrected chi connectivity index (χ1v) is 9.35. The lowest BCUT2D eigenvalue weighted by molar-refractivity contribution is -0.137. The van der Waals surface area contributed by atoms with Gasteiger partial charge in [0.25, 0.3) is 0 Å². The highest BCUT2D eigenvalue weighted by Gasteiger charge is 2.43. The number of H-pyrrole nitrogens is 1. The van der Waals surface area contributed by atoms with Gasteiger partial charge in [0.15, 0.2) is 0 Å². The second-order valence-electron chi connectivity index (χ2n) is 7.38. The van der Waals surface area contributed by atoms with Gasteiger partial charge in [-0.3, -0.25) is 4.79 Å². The zero-order valence-corrected chi connectivity index (χ0v) is 14.6. The van der Waals surface area contributed by atoms with Gasteiger partial charge in [0.1, 0.15) is 5.82 Å². The van der Waals surface area contributed by atoms with Gasteiger partial charge in [-0.15, -0.1) is 0 Å². The van der Waals surface area contributed by atoms with E-state index in [1.807, 2.05) is 24.4 Å².